The van der Waals surface area contributed by atoms with Crippen molar-refractivity contribution in [1.82, 2.24) is 5.32 Å². The van der Waals surface area contributed by atoms with Gasteiger partial charge in [-0.05, 0) is 47.4 Å². The van der Waals surface area contributed by atoms with Gasteiger partial charge in [-0.2, -0.15) is 0 Å². The van der Waals surface area contributed by atoms with E-state index in [4.69, 9.17) is 4.74 Å². The molecule has 1 aliphatic rings. The maximum absolute atomic E-state index is 12.4. The van der Waals surface area contributed by atoms with Crippen molar-refractivity contribution in [3.8, 4) is 5.75 Å². The van der Waals surface area contributed by atoms with Crippen molar-refractivity contribution in [3.63, 3.8) is 0 Å². The summed E-state index contributed by atoms with van der Waals surface area (Å²) in [6.45, 7) is 6.49. The van der Waals surface area contributed by atoms with E-state index in [1.54, 1.807) is 0 Å². The number of aryl methyl sites for hydroxylation is 1. The molecule has 25 heavy (non-hydrogen) atoms. The van der Waals surface area contributed by atoms with Crippen LogP contribution in [-0.2, 0) is 16.6 Å². The van der Waals surface area contributed by atoms with Crippen LogP contribution in [0.15, 0.2) is 48.5 Å². The van der Waals surface area contributed by atoms with E-state index in [-0.39, 0.29) is 24.0 Å². The van der Waals surface area contributed by atoms with Gasteiger partial charge >= 0.3 is 0 Å². The molecule has 1 N–H and O–H groups in total. The number of carbonyl (C=O) groups excluding carboxylic acids is 1. The van der Waals surface area contributed by atoms with Crippen molar-refractivity contribution in [2.45, 2.75) is 51.5 Å². The van der Waals surface area contributed by atoms with Crippen LogP contribution in [-0.4, -0.2) is 12.5 Å². The number of benzene rings is 2. The Kier molecular flexibility index (Phi) is 5.12. The first-order valence-corrected chi connectivity index (χ1v) is 9.04. The molecular weight excluding hydrogens is 310 g/mol. The monoisotopic (exact) mass is 337 g/mol. The highest BCUT2D eigenvalue weighted by Gasteiger charge is 2.22. The van der Waals surface area contributed by atoms with E-state index in [1.807, 2.05) is 24.3 Å². The second-order valence-electron chi connectivity index (χ2n) is 7.75. The van der Waals surface area contributed by atoms with Gasteiger partial charge in [0.2, 0.25) is 0 Å². The predicted molar refractivity (Wildman–Crippen MR) is 101 cm³/mol. The number of hydrogen-bond acceptors (Lipinski definition) is 2. The molecule has 0 saturated carbocycles. The van der Waals surface area contributed by atoms with E-state index in [0.29, 0.717) is 0 Å². The summed E-state index contributed by atoms with van der Waals surface area (Å²) in [7, 11) is 0. The minimum atomic E-state index is -0.0644. The first-order chi connectivity index (χ1) is 11.9. The lowest BCUT2D eigenvalue weighted by Crippen LogP contribution is -2.34. The van der Waals surface area contributed by atoms with Crippen LogP contribution in [0.1, 0.15) is 56.3 Å². The van der Waals surface area contributed by atoms with Gasteiger partial charge in [-0.25, -0.2) is 0 Å². The van der Waals surface area contributed by atoms with Crippen LogP contribution in [0.5, 0.6) is 5.75 Å². The van der Waals surface area contributed by atoms with E-state index in [1.165, 1.54) is 11.1 Å². The molecule has 0 radical (unpaired) electrons. The highest BCUT2D eigenvalue weighted by atomic mass is 16.5. The van der Waals surface area contributed by atoms with Crippen molar-refractivity contribution in [2.75, 3.05) is 6.61 Å². The Bertz CT molecular complexity index is 746. The molecule has 0 unspecified atom stereocenters. The third-order valence-electron chi connectivity index (χ3n) is 4.76. The van der Waals surface area contributed by atoms with E-state index in [9.17, 15) is 4.79 Å². The molecule has 0 aromatic heterocycles. The molecule has 0 aliphatic heterocycles. The smallest absolute Gasteiger partial charge is 0.258 e. The largest absolute Gasteiger partial charge is 0.483 e. The molecule has 1 amide bonds. The Morgan fingerprint density at radius 1 is 1.12 bits per heavy atom. The lowest BCUT2D eigenvalue weighted by atomic mass is 9.86. The highest BCUT2D eigenvalue weighted by molar-refractivity contribution is 5.78. The minimum Gasteiger partial charge on any atom is -0.483 e. The van der Waals surface area contributed by atoms with Crippen LogP contribution >= 0.6 is 0 Å². The molecule has 1 aliphatic carbocycles. The van der Waals surface area contributed by atoms with Gasteiger partial charge in [0.1, 0.15) is 5.75 Å². The van der Waals surface area contributed by atoms with Crippen molar-refractivity contribution < 1.29 is 9.53 Å². The standard InChI is InChI=1S/C22H27NO2/c1-22(2,3)18-12-6-7-14-20(18)25-15-21(24)23-19-13-8-10-16-9-4-5-11-17(16)19/h4-7,9,11-12,14,19H,8,10,13,15H2,1-3H3,(H,23,24)/t19-/m1/s1. The Balaban J connectivity index is 1.64. The summed E-state index contributed by atoms with van der Waals surface area (Å²) < 4.78 is 5.84. The third kappa shape index (κ3) is 4.22. The summed E-state index contributed by atoms with van der Waals surface area (Å²) in [6, 6.07) is 16.4. The first kappa shape index (κ1) is 17.5. The van der Waals surface area contributed by atoms with Crippen LogP contribution in [0, 0.1) is 0 Å². The molecule has 2 aromatic rings. The molecule has 0 heterocycles. The maximum Gasteiger partial charge on any atom is 0.258 e. The maximum atomic E-state index is 12.4. The van der Waals surface area contributed by atoms with E-state index in [0.717, 1.165) is 30.6 Å². The Labute approximate surface area is 150 Å². The van der Waals surface area contributed by atoms with Crippen LogP contribution in [0.4, 0.5) is 0 Å². The van der Waals surface area contributed by atoms with Gasteiger partial charge in [0.15, 0.2) is 6.61 Å². The zero-order valence-corrected chi connectivity index (χ0v) is 15.3. The quantitative estimate of drug-likeness (QED) is 0.888. The van der Waals surface area contributed by atoms with Gasteiger partial charge in [0, 0.05) is 0 Å². The Hall–Kier alpha value is -2.29. The molecule has 3 nitrogen and oxygen atoms in total. The fourth-order valence-electron chi connectivity index (χ4n) is 3.50. The van der Waals surface area contributed by atoms with E-state index < -0.39 is 0 Å². The van der Waals surface area contributed by atoms with Crippen LogP contribution in [0.3, 0.4) is 0 Å². The SMILES string of the molecule is CC(C)(C)c1ccccc1OCC(=O)N[C@@H]1CCCc2ccccc21. The molecular formula is C22H27NO2. The number of amides is 1. The third-order valence-corrected chi connectivity index (χ3v) is 4.76. The fraction of sp³-hybridized carbons (Fsp3) is 0.409. The second-order valence-corrected chi connectivity index (χ2v) is 7.75. The molecule has 0 fully saturated rings. The Morgan fingerprint density at radius 2 is 1.84 bits per heavy atom. The molecule has 132 valence electrons. The number of fused-ring (bicyclic) bond motifs is 1. The lowest BCUT2D eigenvalue weighted by Gasteiger charge is -2.26. The van der Waals surface area contributed by atoms with Gasteiger partial charge in [0.25, 0.3) is 5.91 Å². The van der Waals surface area contributed by atoms with Crippen LogP contribution in [0.2, 0.25) is 0 Å². The summed E-state index contributed by atoms with van der Waals surface area (Å²) in [6.07, 6.45) is 3.19. The highest BCUT2D eigenvalue weighted by Crippen LogP contribution is 2.31. The van der Waals surface area contributed by atoms with Gasteiger partial charge in [-0.3, -0.25) is 4.79 Å². The molecule has 0 spiro atoms. The summed E-state index contributed by atoms with van der Waals surface area (Å²) in [5.74, 6) is 0.722. The topological polar surface area (TPSA) is 38.3 Å². The van der Waals surface area contributed by atoms with Crippen LogP contribution in [0.25, 0.3) is 0 Å². The average molecular weight is 337 g/mol. The summed E-state index contributed by atoms with van der Waals surface area (Å²) >= 11 is 0. The summed E-state index contributed by atoms with van der Waals surface area (Å²) in [5, 5.41) is 3.14. The van der Waals surface area contributed by atoms with Crippen molar-refractivity contribution >= 4 is 5.91 Å². The molecule has 3 heteroatoms. The first-order valence-electron chi connectivity index (χ1n) is 9.04. The van der Waals surface area contributed by atoms with Gasteiger partial charge in [0.05, 0.1) is 6.04 Å². The zero-order valence-electron chi connectivity index (χ0n) is 15.3. The van der Waals surface area contributed by atoms with Crippen molar-refractivity contribution in [3.05, 3.63) is 65.2 Å². The molecule has 2 aromatic carbocycles. The number of nitrogens with one attached hydrogen (secondary N) is 1. The molecule has 1 atom stereocenters. The number of para-hydroxylation sites is 1. The Morgan fingerprint density at radius 3 is 2.64 bits per heavy atom. The van der Waals surface area contributed by atoms with Gasteiger partial charge in [-0.15, -0.1) is 0 Å². The molecule has 0 saturated heterocycles. The molecule has 0 bridgehead atoms. The lowest BCUT2D eigenvalue weighted by molar-refractivity contribution is -0.124. The summed E-state index contributed by atoms with van der Waals surface area (Å²) in [5.41, 5.74) is 3.69. The predicted octanol–water partition coefficient (Wildman–Crippen LogP) is 4.56. The van der Waals surface area contributed by atoms with E-state index in [2.05, 4.69) is 50.4 Å². The zero-order chi connectivity index (χ0) is 17.9. The average Bonchev–Trinajstić information content (AvgIpc) is 2.60. The van der Waals surface area contributed by atoms with Crippen molar-refractivity contribution in [1.29, 1.82) is 0 Å². The normalized spacial score (nSPS) is 16.8. The van der Waals surface area contributed by atoms with Gasteiger partial charge < -0.3 is 10.1 Å². The number of ether oxygens (including phenoxy) is 1. The summed E-state index contributed by atoms with van der Waals surface area (Å²) in [4.78, 5) is 12.4. The number of hydrogen-bond donors (Lipinski definition) is 1. The van der Waals surface area contributed by atoms with Crippen LogP contribution < -0.4 is 10.1 Å². The van der Waals surface area contributed by atoms with Crippen molar-refractivity contribution in [2.24, 2.45) is 0 Å². The minimum absolute atomic E-state index is 0.0185. The number of carbonyl (C=O) groups is 1. The molecule has 3 rings (SSSR count). The van der Waals surface area contributed by atoms with E-state index >= 15 is 0 Å². The fourth-order valence-corrected chi connectivity index (χ4v) is 3.50. The van der Waals surface area contributed by atoms with Gasteiger partial charge in [-0.1, -0.05) is 63.2 Å². The number of rotatable bonds is 4. The second kappa shape index (κ2) is 7.30.